The number of pyridine rings is 1. The molecule has 2 heterocycles. The van der Waals surface area contributed by atoms with Crippen LogP contribution < -0.4 is 4.72 Å². The Kier molecular flexibility index (Phi) is 7.88. The predicted molar refractivity (Wildman–Crippen MR) is 139 cm³/mol. The highest BCUT2D eigenvalue weighted by atomic mass is 35.5. The highest BCUT2D eigenvalue weighted by molar-refractivity contribution is 7.88. The third kappa shape index (κ3) is 5.66. The Morgan fingerprint density at radius 1 is 1.14 bits per heavy atom. The Hall–Kier alpha value is -2.29. The normalized spacial score (nSPS) is 31.9. The molecule has 6 nitrogen and oxygen atoms in total. The molecule has 3 fully saturated rings. The fraction of sp³-hybridized carbons (Fsp3) is 0.481. The van der Waals surface area contributed by atoms with Crippen LogP contribution >= 0.6 is 12.4 Å². The molecule has 2 aliphatic carbocycles. The van der Waals surface area contributed by atoms with Crippen LogP contribution in [0.1, 0.15) is 38.3 Å². The number of halogens is 2. The third-order valence-corrected chi connectivity index (χ3v) is 8.72. The molecule has 2 saturated carbocycles. The second-order valence-electron chi connectivity index (χ2n) is 10.3. The number of allylic oxidation sites excluding steroid dienone is 1. The fourth-order valence-corrected chi connectivity index (χ4v) is 7.40. The summed E-state index contributed by atoms with van der Waals surface area (Å²) in [6.45, 7) is 1.98. The molecule has 194 valence electrons. The lowest BCUT2D eigenvalue weighted by Crippen LogP contribution is -2.48. The van der Waals surface area contributed by atoms with E-state index >= 15 is 0 Å². The van der Waals surface area contributed by atoms with Gasteiger partial charge in [-0.05, 0) is 80.2 Å². The van der Waals surface area contributed by atoms with Crippen LogP contribution in [-0.2, 0) is 19.6 Å². The fourth-order valence-electron chi connectivity index (χ4n) is 6.58. The number of nitrogens with one attached hydrogen (secondary N) is 1. The lowest BCUT2D eigenvalue weighted by molar-refractivity contribution is -0.144. The smallest absolute Gasteiger partial charge is 0.309 e. The number of ether oxygens (including phenoxy) is 1. The molecular formula is C27H32ClFN2O4S. The molecule has 0 spiro atoms. The summed E-state index contributed by atoms with van der Waals surface area (Å²) >= 11 is 0. The summed E-state index contributed by atoms with van der Waals surface area (Å²) in [7, 11) is -3.27. The number of sulfonamides is 1. The zero-order valence-corrected chi connectivity index (χ0v) is 22.0. The summed E-state index contributed by atoms with van der Waals surface area (Å²) in [4.78, 5) is 17.2. The maximum absolute atomic E-state index is 13.6. The Balaban J connectivity index is 0.00000304. The maximum Gasteiger partial charge on any atom is 0.309 e. The van der Waals surface area contributed by atoms with Gasteiger partial charge in [0.2, 0.25) is 10.0 Å². The van der Waals surface area contributed by atoms with E-state index in [1.54, 1.807) is 12.3 Å². The quantitative estimate of drug-likeness (QED) is 0.554. The van der Waals surface area contributed by atoms with Crippen molar-refractivity contribution in [1.29, 1.82) is 0 Å². The Morgan fingerprint density at radius 2 is 1.94 bits per heavy atom. The van der Waals surface area contributed by atoms with E-state index in [0.717, 1.165) is 42.5 Å². The van der Waals surface area contributed by atoms with Crippen molar-refractivity contribution in [1.82, 2.24) is 9.71 Å². The molecule has 5 rings (SSSR count). The third-order valence-electron chi connectivity index (χ3n) is 7.96. The van der Waals surface area contributed by atoms with E-state index in [-0.39, 0.29) is 60.0 Å². The molecule has 7 atom stereocenters. The summed E-state index contributed by atoms with van der Waals surface area (Å²) in [5, 5.41) is 0. The first kappa shape index (κ1) is 26.8. The Morgan fingerprint density at radius 3 is 2.64 bits per heavy atom. The van der Waals surface area contributed by atoms with Crippen molar-refractivity contribution in [2.75, 3.05) is 6.26 Å². The molecule has 1 N–H and O–H groups in total. The highest BCUT2D eigenvalue weighted by Gasteiger charge is 2.54. The van der Waals surface area contributed by atoms with Gasteiger partial charge in [-0.2, -0.15) is 0 Å². The molecule has 0 unspecified atom stereocenters. The van der Waals surface area contributed by atoms with Gasteiger partial charge in [-0.25, -0.2) is 17.5 Å². The van der Waals surface area contributed by atoms with E-state index in [2.05, 4.69) is 15.8 Å². The first-order chi connectivity index (χ1) is 16.7. The minimum absolute atomic E-state index is 0. The van der Waals surface area contributed by atoms with Crippen molar-refractivity contribution >= 4 is 34.5 Å². The van der Waals surface area contributed by atoms with Gasteiger partial charge < -0.3 is 4.74 Å². The number of hydrogen-bond donors (Lipinski definition) is 1. The van der Waals surface area contributed by atoms with Crippen LogP contribution in [0.3, 0.4) is 0 Å². The minimum Gasteiger partial charge on any atom is -0.462 e. The van der Waals surface area contributed by atoms with Crippen LogP contribution in [0.4, 0.5) is 4.39 Å². The second kappa shape index (κ2) is 10.6. The van der Waals surface area contributed by atoms with E-state index in [1.165, 1.54) is 18.4 Å². The molecule has 1 aromatic heterocycles. The van der Waals surface area contributed by atoms with Crippen molar-refractivity contribution in [2.45, 2.75) is 44.8 Å². The van der Waals surface area contributed by atoms with Gasteiger partial charge in [0.1, 0.15) is 11.9 Å². The predicted octanol–water partition coefficient (Wildman–Crippen LogP) is 4.85. The van der Waals surface area contributed by atoms with Gasteiger partial charge in [0.05, 0.1) is 17.9 Å². The number of cyclic esters (lactones) is 1. The van der Waals surface area contributed by atoms with Crippen LogP contribution in [0.15, 0.2) is 48.7 Å². The molecular weight excluding hydrogens is 503 g/mol. The van der Waals surface area contributed by atoms with Crippen LogP contribution in [0.2, 0.25) is 0 Å². The zero-order valence-electron chi connectivity index (χ0n) is 20.3. The van der Waals surface area contributed by atoms with Crippen molar-refractivity contribution in [3.63, 3.8) is 0 Å². The Bertz CT molecular complexity index is 1240. The zero-order chi connectivity index (χ0) is 24.7. The summed E-state index contributed by atoms with van der Waals surface area (Å²) < 4.78 is 45.5. The van der Waals surface area contributed by atoms with Gasteiger partial charge in [0.25, 0.3) is 0 Å². The number of carbonyl (C=O) groups excluding carboxylic acids is 1. The molecule has 9 heteroatoms. The van der Waals surface area contributed by atoms with Crippen LogP contribution in [0.25, 0.3) is 17.2 Å². The molecule has 1 saturated heterocycles. The average molecular weight is 535 g/mol. The number of carbonyl (C=O) groups is 1. The summed E-state index contributed by atoms with van der Waals surface area (Å²) in [5.41, 5.74) is 2.43. The molecule has 0 amide bonds. The van der Waals surface area contributed by atoms with Crippen LogP contribution in [0.5, 0.6) is 0 Å². The Labute approximate surface area is 218 Å². The van der Waals surface area contributed by atoms with Gasteiger partial charge in [-0.15, -0.1) is 12.4 Å². The molecule has 0 bridgehead atoms. The highest BCUT2D eigenvalue weighted by Crippen LogP contribution is 2.53. The largest absolute Gasteiger partial charge is 0.462 e. The lowest BCUT2D eigenvalue weighted by Gasteiger charge is -2.47. The molecule has 1 aliphatic heterocycles. The number of esters is 1. The van der Waals surface area contributed by atoms with Crippen LogP contribution in [-0.4, -0.2) is 37.8 Å². The molecule has 36 heavy (non-hydrogen) atoms. The van der Waals surface area contributed by atoms with E-state index in [1.807, 2.05) is 31.2 Å². The van der Waals surface area contributed by atoms with E-state index in [9.17, 15) is 17.6 Å². The molecule has 1 aromatic carbocycles. The molecule has 3 aliphatic rings. The van der Waals surface area contributed by atoms with E-state index in [4.69, 9.17) is 4.74 Å². The van der Waals surface area contributed by atoms with E-state index in [0.29, 0.717) is 5.92 Å². The van der Waals surface area contributed by atoms with Crippen molar-refractivity contribution < 1.29 is 22.3 Å². The lowest BCUT2D eigenvalue weighted by atomic mass is 9.57. The number of benzene rings is 1. The second-order valence-corrected chi connectivity index (χ2v) is 12.1. The van der Waals surface area contributed by atoms with Gasteiger partial charge in [-0.3, -0.25) is 9.78 Å². The number of aromatic nitrogens is 1. The van der Waals surface area contributed by atoms with Gasteiger partial charge in [-0.1, -0.05) is 24.3 Å². The standard InChI is InChI=1S/C27H31FN2O4S.ClH/c1-16-26-24(11-8-21-7-6-18(15-29-21)17-4-3-5-20(28)12-17)23-10-9-22(30-35(2,32)33)13-19(23)14-25(26)27(31)34-16;/h3-8,11-12,15-16,19,22-26,30H,9-10,13-14H2,1-2H3;1H/b11-8+;/t16-,19+,22-,23-,24+,25-,26+;/m1./s1. The first-order valence-corrected chi connectivity index (χ1v) is 14.1. The van der Waals surface area contributed by atoms with Crippen molar-refractivity contribution in [3.05, 3.63) is 60.2 Å². The summed E-state index contributed by atoms with van der Waals surface area (Å²) in [6, 6.07) is 10.2. The summed E-state index contributed by atoms with van der Waals surface area (Å²) in [6.07, 6.45) is 10.2. The number of hydrogen-bond acceptors (Lipinski definition) is 5. The first-order valence-electron chi connectivity index (χ1n) is 12.3. The van der Waals surface area contributed by atoms with Crippen molar-refractivity contribution in [2.24, 2.45) is 29.6 Å². The van der Waals surface area contributed by atoms with Crippen LogP contribution in [0, 0.1) is 35.4 Å². The molecule has 0 radical (unpaired) electrons. The van der Waals surface area contributed by atoms with Gasteiger partial charge >= 0.3 is 5.97 Å². The number of fused-ring (bicyclic) bond motifs is 2. The average Bonchev–Trinajstić information content (AvgIpc) is 3.09. The van der Waals surface area contributed by atoms with Gasteiger partial charge in [0.15, 0.2) is 0 Å². The van der Waals surface area contributed by atoms with E-state index < -0.39 is 10.0 Å². The van der Waals surface area contributed by atoms with Crippen molar-refractivity contribution in [3.8, 4) is 11.1 Å². The maximum atomic E-state index is 13.6. The summed E-state index contributed by atoms with van der Waals surface area (Å²) in [5.74, 6) is 0.344. The van der Waals surface area contributed by atoms with Gasteiger partial charge in [0, 0.05) is 23.7 Å². The number of nitrogens with zero attached hydrogens (tertiary/aromatic N) is 1. The SMILES string of the molecule is C[C@H]1OC(=O)[C@@H]2C[C@@H]3C[C@H](NS(C)(=O)=O)CC[C@H]3[C@H](/C=C/c3ccc(-c4cccc(F)c4)cn3)[C@H]12.Cl. The molecule has 2 aromatic rings. The monoisotopic (exact) mass is 534 g/mol. The topological polar surface area (TPSA) is 85.4 Å². The number of rotatable bonds is 5. The minimum atomic E-state index is -3.27.